The maximum atomic E-state index is 12.0. The molecule has 0 aliphatic rings. The van der Waals surface area contributed by atoms with E-state index in [1.807, 2.05) is 12.1 Å². The predicted molar refractivity (Wildman–Crippen MR) is 108 cm³/mol. The second-order valence-electron chi connectivity index (χ2n) is 6.15. The lowest BCUT2D eigenvalue weighted by Crippen LogP contribution is -2.44. The summed E-state index contributed by atoms with van der Waals surface area (Å²) < 4.78 is 21.3. The summed E-state index contributed by atoms with van der Waals surface area (Å²) in [5.41, 5.74) is 0. The van der Waals surface area contributed by atoms with Gasteiger partial charge in [0.05, 0.1) is 14.2 Å². The number of para-hydroxylation sites is 4. The van der Waals surface area contributed by atoms with Crippen molar-refractivity contribution in [2.45, 2.75) is 13.0 Å². The largest absolute Gasteiger partial charge is 0.493 e. The van der Waals surface area contributed by atoms with E-state index in [1.54, 1.807) is 43.3 Å². The second-order valence-corrected chi connectivity index (χ2v) is 6.15. The molecule has 29 heavy (non-hydrogen) atoms. The summed E-state index contributed by atoms with van der Waals surface area (Å²) >= 11 is 0. The van der Waals surface area contributed by atoms with Gasteiger partial charge in [-0.25, -0.2) is 0 Å². The van der Waals surface area contributed by atoms with Crippen molar-refractivity contribution in [3.8, 4) is 23.0 Å². The van der Waals surface area contributed by atoms with E-state index in [4.69, 9.17) is 18.9 Å². The summed E-state index contributed by atoms with van der Waals surface area (Å²) in [6.07, 6.45) is 0. The topological polar surface area (TPSA) is 95.1 Å². The van der Waals surface area contributed by atoms with Gasteiger partial charge in [-0.3, -0.25) is 9.59 Å². The third kappa shape index (κ3) is 7.25. The molecule has 0 aromatic heterocycles. The molecule has 1 atom stereocenters. The molecule has 0 spiro atoms. The number of amides is 2. The quantitative estimate of drug-likeness (QED) is 0.595. The summed E-state index contributed by atoms with van der Waals surface area (Å²) in [6, 6.07) is 13.9. The summed E-state index contributed by atoms with van der Waals surface area (Å²) in [5.74, 6) is 1.47. The average Bonchev–Trinajstić information content (AvgIpc) is 2.75. The molecule has 2 rings (SSSR count). The Kier molecular flexibility index (Phi) is 8.62. The molecule has 2 aromatic rings. The number of carbonyl (C=O) groups is 2. The van der Waals surface area contributed by atoms with E-state index in [1.165, 1.54) is 14.2 Å². The van der Waals surface area contributed by atoms with Crippen molar-refractivity contribution in [2.24, 2.45) is 0 Å². The van der Waals surface area contributed by atoms with Crippen LogP contribution in [0.15, 0.2) is 48.5 Å². The van der Waals surface area contributed by atoms with Crippen LogP contribution in [0.4, 0.5) is 0 Å². The van der Waals surface area contributed by atoms with Gasteiger partial charge < -0.3 is 29.6 Å². The first kappa shape index (κ1) is 21.9. The molecular formula is C21H26N2O6. The van der Waals surface area contributed by atoms with Gasteiger partial charge in [-0.2, -0.15) is 0 Å². The van der Waals surface area contributed by atoms with E-state index >= 15 is 0 Å². The lowest BCUT2D eigenvalue weighted by molar-refractivity contribution is -0.125. The zero-order chi connectivity index (χ0) is 21.1. The predicted octanol–water partition coefficient (Wildman–Crippen LogP) is 1.78. The highest BCUT2D eigenvalue weighted by atomic mass is 16.5. The number of nitrogens with one attached hydrogen (secondary N) is 2. The van der Waals surface area contributed by atoms with E-state index in [0.29, 0.717) is 23.0 Å². The van der Waals surface area contributed by atoms with Gasteiger partial charge >= 0.3 is 0 Å². The molecule has 0 saturated heterocycles. The number of ether oxygens (including phenoxy) is 4. The van der Waals surface area contributed by atoms with Crippen LogP contribution in [-0.4, -0.2) is 51.8 Å². The number of hydrogen-bond donors (Lipinski definition) is 2. The number of hydrogen-bond acceptors (Lipinski definition) is 6. The Balaban J connectivity index is 1.68. The van der Waals surface area contributed by atoms with E-state index < -0.39 is 0 Å². The minimum absolute atomic E-state index is 0.155. The number of rotatable bonds is 11. The van der Waals surface area contributed by atoms with Crippen LogP contribution in [-0.2, 0) is 9.59 Å². The summed E-state index contributed by atoms with van der Waals surface area (Å²) in [6.45, 7) is 1.73. The van der Waals surface area contributed by atoms with Crippen LogP contribution in [0.1, 0.15) is 6.92 Å². The fourth-order valence-corrected chi connectivity index (χ4v) is 2.45. The Morgan fingerprint density at radius 1 is 0.793 bits per heavy atom. The van der Waals surface area contributed by atoms with Crippen molar-refractivity contribution in [3.05, 3.63) is 48.5 Å². The Morgan fingerprint density at radius 2 is 1.24 bits per heavy atom. The summed E-state index contributed by atoms with van der Waals surface area (Å²) in [5, 5.41) is 5.46. The van der Waals surface area contributed by atoms with E-state index in [2.05, 4.69) is 10.6 Å². The van der Waals surface area contributed by atoms with Crippen LogP contribution in [0.3, 0.4) is 0 Å². The first-order chi connectivity index (χ1) is 14.0. The van der Waals surface area contributed by atoms with Crippen LogP contribution < -0.4 is 29.6 Å². The summed E-state index contributed by atoms with van der Waals surface area (Å²) in [7, 11) is 3.06. The summed E-state index contributed by atoms with van der Waals surface area (Å²) in [4.78, 5) is 24.0. The lowest BCUT2D eigenvalue weighted by atomic mass is 10.3. The van der Waals surface area contributed by atoms with Gasteiger partial charge in [0.15, 0.2) is 36.2 Å². The van der Waals surface area contributed by atoms with Crippen molar-refractivity contribution in [3.63, 3.8) is 0 Å². The van der Waals surface area contributed by atoms with Crippen LogP contribution in [0.2, 0.25) is 0 Å². The molecule has 2 aromatic carbocycles. The highest BCUT2D eigenvalue weighted by Gasteiger charge is 2.12. The third-order valence-electron chi connectivity index (χ3n) is 3.87. The van der Waals surface area contributed by atoms with Crippen LogP contribution in [0.5, 0.6) is 23.0 Å². The van der Waals surface area contributed by atoms with Gasteiger partial charge in [-0.05, 0) is 31.2 Å². The molecule has 156 valence electrons. The number of methoxy groups -OCH3 is 2. The molecule has 8 nitrogen and oxygen atoms in total. The molecule has 0 aliphatic heterocycles. The Labute approximate surface area is 170 Å². The van der Waals surface area contributed by atoms with E-state index in [-0.39, 0.29) is 37.6 Å². The van der Waals surface area contributed by atoms with Crippen molar-refractivity contribution >= 4 is 11.8 Å². The van der Waals surface area contributed by atoms with Crippen molar-refractivity contribution < 1.29 is 28.5 Å². The molecular weight excluding hydrogens is 376 g/mol. The minimum Gasteiger partial charge on any atom is -0.493 e. The Hall–Kier alpha value is -3.42. The molecule has 0 aliphatic carbocycles. The highest BCUT2D eigenvalue weighted by molar-refractivity contribution is 5.79. The minimum atomic E-state index is -0.303. The Bertz CT molecular complexity index is 811. The first-order valence-electron chi connectivity index (χ1n) is 9.11. The molecule has 2 N–H and O–H groups in total. The van der Waals surface area contributed by atoms with Gasteiger partial charge in [-0.1, -0.05) is 24.3 Å². The van der Waals surface area contributed by atoms with E-state index in [0.717, 1.165) is 0 Å². The van der Waals surface area contributed by atoms with Crippen LogP contribution >= 0.6 is 0 Å². The van der Waals surface area contributed by atoms with Gasteiger partial charge in [0.2, 0.25) is 0 Å². The third-order valence-corrected chi connectivity index (χ3v) is 3.87. The fraction of sp³-hybridized carbons (Fsp3) is 0.333. The van der Waals surface area contributed by atoms with E-state index in [9.17, 15) is 9.59 Å². The monoisotopic (exact) mass is 402 g/mol. The van der Waals surface area contributed by atoms with Crippen LogP contribution in [0.25, 0.3) is 0 Å². The molecule has 2 amide bonds. The van der Waals surface area contributed by atoms with Gasteiger partial charge in [0.1, 0.15) is 0 Å². The molecule has 0 unspecified atom stereocenters. The zero-order valence-electron chi connectivity index (χ0n) is 16.8. The maximum absolute atomic E-state index is 12.0. The average molecular weight is 402 g/mol. The molecule has 8 heteroatoms. The molecule has 0 saturated carbocycles. The van der Waals surface area contributed by atoms with Crippen molar-refractivity contribution in [2.75, 3.05) is 34.0 Å². The van der Waals surface area contributed by atoms with Crippen molar-refractivity contribution in [1.29, 1.82) is 0 Å². The van der Waals surface area contributed by atoms with Gasteiger partial charge in [0, 0.05) is 12.6 Å². The number of benzene rings is 2. The van der Waals surface area contributed by atoms with Gasteiger partial charge in [-0.15, -0.1) is 0 Å². The smallest absolute Gasteiger partial charge is 0.258 e. The molecule has 0 radical (unpaired) electrons. The SMILES string of the molecule is COc1ccccc1OCC(=O)NC[C@H](C)NC(=O)COc1ccccc1OC. The lowest BCUT2D eigenvalue weighted by Gasteiger charge is -2.16. The second kappa shape index (κ2) is 11.4. The van der Waals surface area contributed by atoms with Crippen molar-refractivity contribution in [1.82, 2.24) is 10.6 Å². The molecule has 0 bridgehead atoms. The van der Waals surface area contributed by atoms with Crippen LogP contribution in [0, 0.1) is 0 Å². The Morgan fingerprint density at radius 3 is 1.72 bits per heavy atom. The maximum Gasteiger partial charge on any atom is 0.258 e. The highest BCUT2D eigenvalue weighted by Crippen LogP contribution is 2.26. The first-order valence-corrected chi connectivity index (χ1v) is 9.11. The van der Waals surface area contributed by atoms with Gasteiger partial charge in [0.25, 0.3) is 11.8 Å². The fourth-order valence-electron chi connectivity index (χ4n) is 2.45. The molecule has 0 fully saturated rings. The normalized spacial score (nSPS) is 11.1. The standard InChI is InChI=1S/C21H26N2O6/c1-15(23-21(25)14-29-19-11-7-5-9-17(19)27-3)12-22-20(24)13-28-18-10-6-4-8-16(18)26-2/h4-11,15H,12-14H2,1-3H3,(H,22,24)(H,23,25)/t15-/m0/s1. The zero-order valence-corrected chi connectivity index (χ0v) is 16.8. The number of carbonyl (C=O) groups excluding carboxylic acids is 2. The molecule has 0 heterocycles.